The smallest absolute Gasteiger partial charge is 0.227 e. The number of ketones is 1. The Morgan fingerprint density at radius 2 is 2.29 bits per heavy atom. The van der Waals surface area contributed by atoms with Gasteiger partial charge in [0.25, 0.3) is 0 Å². The van der Waals surface area contributed by atoms with Crippen LogP contribution >= 0.6 is 0 Å². The maximum Gasteiger partial charge on any atom is 0.227 e. The number of nitrogens with one attached hydrogen (secondary N) is 2. The summed E-state index contributed by atoms with van der Waals surface area (Å²) in [6.07, 6.45) is 4.00. The predicted octanol–water partition coefficient (Wildman–Crippen LogP) is 0.681. The average molecular weight is 228 g/mol. The summed E-state index contributed by atoms with van der Waals surface area (Å²) >= 11 is 0. The van der Waals surface area contributed by atoms with E-state index in [1.165, 1.54) is 6.33 Å². The standard InChI is InChI=1S/C12H12N4O/c17-12(9-2-1-4-14-9)11-8-3-5-13-6-10(8)15-7-16-11/h1-2,4,7,13-14H,3,5-6H2. The molecule has 2 aromatic rings. The zero-order valence-corrected chi connectivity index (χ0v) is 9.23. The van der Waals surface area contributed by atoms with Gasteiger partial charge in [-0.05, 0) is 25.1 Å². The van der Waals surface area contributed by atoms with Crippen molar-refractivity contribution in [3.63, 3.8) is 0 Å². The normalized spacial score (nSPS) is 14.4. The highest BCUT2D eigenvalue weighted by Crippen LogP contribution is 2.17. The van der Waals surface area contributed by atoms with E-state index in [4.69, 9.17) is 0 Å². The average Bonchev–Trinajstić information content (AvgIpc) is 2.91. The molecule has 2 aromatic heterocycles. The molecule has 0 amide bonds. The predicted molar refractivity (Wildman–Crippen MR) is 61.7 cm³/mol. The third-order valence-corrected chi connectivity index (χ3v) is 2.94. The Labute approximate surface area is 98.3 Å². The number of fused-ring (bicyclic) bond motifs is 1. The summed E-state index contributed by atoms with van der Waals surface area (Å²) in [6.45, 7) is 1.58. The molecule has 0 radical (unpaired) electrons. The number of H-pyrrole nitrogens is 1. The Balaban J connectivity index is 2.06. The van der Waals surface area contributed by atoms with Crippen LogP contribution in [0.1, 0.15) is 27.4 Å². The van der Waals surface area contributed by atoms with Gasteiger partial charge in [0.1, 0.15) is 12.0 Å². The Morgan fingerprint density at radius 3 is 3.12 bits per heavy atom. The number of aromatic amines is 1. The SMILES string of the molecule is O=C(c1ccc[nH]1)c1ncnc2c1CCNC2. The lowest BCUT2D eigenvalue weighted by atomic mass is 10.0. The van der Waals surface area contributed by atoms with Crippen molar-refractivity contribution in [3.8, 4) is 0 Å². The van der Waals surface area contributed by atoms with Gasteiger partial charge in [-0.3, -0.25) is 4.79 Å². The molecule has 3 rings (SSSR count). The highest BCUT2D eigenvalue weighted by Gasteiger charge is 2.21. The summed E-state index contributed by atoms with van der Waals surface area (Å²) in [6, 6.07) is 3.57. The van der Waals surface area contributed by atoms with Gasteiger partial charge >= 0.3 is 0 Å². The van der Waals surface area contributed by atoms with Gasteiger partial charge in [0, 0.05) is 18.3 Å². The van der Waals surface area contributed by atoms with Gasteiger partial charge in [0.2, 0.25) is 5.78 Å². The number of aromatic nitrogens is 3. The number of hydrogen-bond acceptors (Lipinski definition) is 4. The molecule has 1 aliphatic rings. The van der Waals surface area contributed by atoms with Crippen LogP contribution in [0, 0.1) is 0 Å². The van der Waals surface area contributed by atoms with Gasteiger partial charge in [-0.1, -0.05) is 0 Å². The van der Waals surface area contributed by atoms with Gasteiger partial charge in [-0.25, -0.2) is 9.97 Å². The molecule has 2 N–H and O–H groups in total. The van der Waals surface area contributed by atoms with Crippen molar-refractivity contribution in [3.05, 3.63) is 47.3 Å². The number of hydrogen-bond donors (Lipinski definition) is 2. The fourth-order valence-corrected chi connectivity index (χ4v) is 2.08. The maximum absolute atomic E-state index is 12.2. The van der Waals surface area contributed by atoms with Crippen LogP contribution in [0.2, 0.25) is 0 Å². The Morgan fingerprint density at radius 1 is 1.35 bits per heavy atom. The van der Waals surface area contributed by atoms with Crippen molar-refractivity contribution in [2.45, 2.75) is 13.0 Å². The molecular weight excluding hydrogens is 216 g/mol. The molecule has 0 atom stereocenters. The molecule has 0 saturated carbocycles. The molecule has 5 heteroatoms. The fraction of sp³-hybridized carbons (Fsp3) is 0.250. The summed E-state index contributed by atoms with van der Waals surface area (Å²) in [5, 5.41) is 3.23. The number of rotatable bonds is 2. The van der Waals surface area contributed by atoms with E-state index in [0.717, 1.165) is 24.2 Å². The first-order valence-electron chi connectivity index (χ1n) is 5.58. The molecule has 1 aliphatic heterocycles. The first-order valence-corrected chi connectivity index (χ1v) is 5.58. The summed E-state index contributed by atoms with van der Waals surface area (Å²) in [5.74, 6) is -0.0597. The zero-order valence-electron chi connectivity index (χ0n) is 9.23. The van der Waals surface area contributed by atoms with E-state index in [9.17, 15) is 4.79 Å². The van der Waals surface area contributed by atoms with Crippen LogP contribution in [0.3, 0.4) is 0 Å². The molecule has 0 aliphatic carbocycles. The van der Waals surface area contributed by atoms with Crippen molar-refractivity contribution < 1.29 is 4.79 Å². The van der Waals surface area contributed by atoms with E-state index < -0.39 is 0 Å². The monoisotopic (exact) mass is 228 g/mol. The van der Waals surface area contributed by atoms with Crippen LogP contribution < -0.4 is 5.32 Å². The van der Waals surface area contributed by atoms with E-state index in [1.54, 1.807) is 12.3 Å². The largest absolute Gasteiger partial charge is 0.358 e. The van der Waals surface area contributed by atoms with E-state index in [-0.39, 0.29) is 5.78 Å². The van der Waals surface area contributed by atoms with Crippen molar-refractivity contribution in [1.29, 1.82) is 0 Å². The lowest BCUT2D eigenvalue weighted by molar-refractivity contribution is 0.102. The van der Waals surface area contributed by atoms with Crippen LogP contribution in [0.15, 0.2) is 24.7 Å². The van der Waals surface area contributed by atoms with Gasteiger partial charge in [0.05, 0.1) is 11.4 Å². The fourth-order valence-electron chi connectivity index (χ4n) is 2.08. The van der Waals surface area contributed by atoms with Crippen molar-refractivity contribution in [2.24, 2.45) is 0 Å². The molecule has 5 nitrogen and oxygen atoms in total. The molecular formula is C12H12N4O. The van der Waals surface area contributed by atoms with E-state index in [0.29, 0.717) is 17.9 Å². The first-order chi connectivity index (χ1) is 8.36. The summed E-state index contributed by atoms with van der Waals surface area (Å²) in [4.78, 5) is 23.5. The molecule has 0 aromatic carbocycles. The quantitative estimate of drug-likeness (QED) is 0.742. The molecule has 0 unspecified atom stereocenters. The van der Waals surface area contributed by atoms with Gasteiger partial charge in [-0.2, -0.15) is 0 Å². The second-order valence-electron chi connectivity index (χ2n) is 3.99. The van der Waals surface area contributed by atoms with Crippen LogP contribution in [0.25, 0.3) is 0 Å². The summed E-state index contributed by atoms with van der Waals surface area (Å²) in [7, 11) is 0. The molecule has 3 heterocycles. The van der Waals surface area contributed by atoms with Gasteiger partial charge in [0.15, 0.2) is 0 Å². The minimum atomic E-state index is -0.0597. The topological polar surface area (TPSA) is 70.7 Å². The maximum atomic E-state index is 12.2. The van der Waals surface area contributed by atoms with Crippen molar-refractivity contribution >= 4 is 5.78 Å². The third kappa shape index (κ3) is 1.74. The summed E-state index contributed by atoms with van der Waals surface area (Å²) < 4.78 is 0. The van der Waals surface area contributed by atoms with Gasteiger partial charge in [-0.15, -0.1) is 0 Å². The minimum Gasteiger partial charge on any atom is -0.358 e. The van der Waals surface area contributed by atoms with Crippen LogP contribution in [-0.4, -0.2) is 27.3 Å². The van der Waals surface area contributed by atoms with E-state index in [1.807, 2.05) is 6.07 Å². The zero-order chi connectivity index (χ0) is 11.7. The van der Waals surface area contributed by atoms with Crippen molar-refractivity contribution in [2.75, 3.05) is 6.54 Å². The molecule has 0 spiro atoms. The molecule has 0 bridgehead atoms. The second kappa shape index (κ2) is 4.10. The molecule has 17 heavy (non-hydrogen) atoms. The van der Waals surface area contributed by atoms with Gasteiger partial charge < -0.3 is 10.3 Å². The van der Waals surface area contributed by atoms with Crippen LogP contribution in [0.4, 0.5) is 0 Å². The number of carbonyl (C=O) groups excluding carboxylic acids is 1. The van der Waals surface area contributed by atoms with Crippen molar-refractivity contribution in [1.82, 2.24) is 20.3 Å². The summed E-state index contributed by atoms with van der Waals surface area (Å²) in [5.41, 5.74) is 3.01. The Bertz CT molecular complexity index is 548. The van der Waals surface area contributed by atoms with E-state index >= 15 is 0 Å². The van der Waals surface area contributed by atoms with Crippen LogP contribution in [-0.2, 0) is 13.0 Å². The lowest BCUT2D eigenvalue weighted by Crippen LogP contribution is -2.27. The molecule has 0 saturated heterocycles. The minimum absolute atomic E-state index is 0.0597. The molecule has 86 valence electrons. The number of nitrogens with zero attached hydrogens (tertiary/aromatic N) is 2. The highest BCUT2D eigenvalue weighted by molar-refractivity contribution is 6.07. The highest BCUT2D eigenvalue weighted by atomic mass is 16.1. The van der Waals surface area contributed by atoms with E-state index in [2.05, 4.69) is 20.3 Å². The lowest BCUT2D eigenvalue weighted by Gasteiger charge is -2.17. The van der Waals surface area contributed by atoms with Crippen LogP contribution in [0.5, 0.6) is 0 Å². The Hall–Kier alpha value is -2.01. The second-order valence-corrected chi connectivity index (χ2v) is 3.99. The number of carbonyl (C=O) groups is 1. The third-order valence-electron chi connectivity index (χ3n) is 2.94. The molecule has 0 fully saturated rings. The Kier molecular flexibility index (Phi) is 2.45. The first kappa shape index (κ1) is 10.2.